The van der Waals surface area contributed by atoms with E-state index in [0.29, 0.717) is 0 Å². The average molecular weight is 194 g/mol. The van der Waals surface area contributed by atoms with Gasteiger partial charge >= 0.3 is 5.00 Å². The second-order valence-electron chi connectivity index (χ2n) is 2.13. The van der Waals surface area contributed by atoms with Crippen LogP contribution in [-0.2, 0) is 0 Å². The van der Waals surface area contributed by atoms with Crippen molar-refractivity contribution >= 4 is 23.2 Å². The van der Waals surface area contributed by atoms with Gasteiger partial charge in [-0.05, 0) is 11.6 Å². The van der Waals surface area contributed by atoms with Crippen molar-refractivity contribution in [2.45, 2.75) is 10.4 Å². The van der Waals surface area contributed by atoms with E-state index >= 15 is 0 Å². The Morgan fingerprint density at radius 2 is 2.18 bits per heavy atom. The standard InChI is InChI=1S/C6H5Cl2NO2/c7-5-3-1-2-4-6(5,8)9(10)11/h1-5H. The van der Waals surface area contributed by atoms with Crippen molar-refractivity contribution in [1.29, 1.82) is 0 Å². The Bertz CT molecular complexity index is 239. The Morgan fingerprint density at radius 3 is 2.55 bits per heavy atom. The predicted octanol–water partition coefficient (Wildman–Crippen LogP) is 1.93. The SMILES string of the molecule is O=[N+]([O-])C1(Cl)C=CC=CC1Cl. The summed E-state index contributed by atoms with van der Waals surface area (Å²) in [6, 6.07) is 0. The minimum absolute atomic E-state index is 0.605. The molecule has 0 saturated carbocycles. The van der Waals surface area contributed by atoms with E-state index in [1.807, 2.05) is 0 Å². The quantitative estimate of drug-likeness (QED) is 0.277. The van der Waals surface area contributed by atoms with E-state index in [1.165, 1.54) is 18.2 Å². The van der Waals surface area contributed by atoms with Crippen LogP contribution in [0.2, 0.25) is 0 Å². The number of alkyl halides is 2. The largest absolute Gasteiger partial charge is 0.333 e. The van der Waals surface area contributed by atoms with E-state index in [4.69, 9.17) is 23.2 Å². The maximum absolute atomic E-state index is 10.4. The number of allylic oxidation sites excluding steroid dienone is 2. The number of rotatable bonds is 1. The fraction of sp³-hybridized carbons (Fsp3) is 0.333. The molecule has 0 aliphatic heterocycles. The van der Waals surface area contributed by atoms with Gasteiger partial charge in [0, 0.05) is 11.0 Å². The van der Waals surface area contributed by atoms with Gasteiger partial charge in [-0.25, -0.2) is 0 Å². The third-order valence-electron chi connectivity index (χ3n) is 1.39. The van der Waals surface area contributed by atoms with Gasteiger partial charge in [0.2, 0.25) is 0 Å². The number of nitro groups is 1. The minimum Gasteiger partial charge on any atom is -0.262 e. The number of hydrogen-bond acceptors (Lipinski definition) is 2. The van der Waals surface area contributed by atoms with E-state index in [0.717, 1.165) is 0 Å². The molecule has 0 heterocycles. The van der Waals surface area contributed by atoms with E-state index < -0.39 is 15.3 Å². The van der Waals surface area contributed by atoms with E-state index in [1.54, 1.807) is 6.08 Å². The molecule has 0 bridgehead atoms. The molecule has 1 aliphatic carbocycles. The Labute approximate surface area is 73.4 Å². The molecule has 0 fully saturated rings. The highest BCUT2D eigenvalue weighted by Crippen LogP contribution is 2.30. The molecule has 0 N–H and O–H groups in total. The van der Waals surface area contributed by atoms with Crippen molar-refractivity contribution in [1.82, 2.24) is 0 Å². The van der Waals surface area contributed by atoms with Gasteiger partial charge in [0.15, 0.2) is 0 Å². The summed E-state index contributed by atoms with van der Waals surface area (Å²) in [5.74, 6) is 0. The fourth-order valence-corrected chi connectivity index (χ4v) is 1.12. The van der Waals surface area contributed by atoms with Crippen LogP contribution in [0.25, 0.3) is 0 Å². The zero-order valence-electron chi connectivity index (χ0n) is 5.41. The monoisotopic (exact) mass is 193 g/mol. The molecule has 1 aliphatic rings. The lowest BCUT2D eigenvalue weighted by Crippen LogP contribution is -2.39. The van der Waals surface area contributed by atoms with Gasteiger partial charge in [-0.1, -0.05) is 18.2 Å². The van der Waals surface area contributed by atoms with Crippen LogP contribution in [0.1, 0.15) is 0 Å². The molecule has 2 atom stereocenters. The summed E-state index contributed by atoms with van der Waals surface area (Å²) in [6.07, 6.45) is 5.89. The Kier molecular flexibility index (Phi) is 2.20. The minimum atomic E-state index is -1.67. The van der Waals surface area contributed by atoms with Crippen LogP contribution < -0.4 is 0 Å². The predicted molar refractivity (Wildman–Crippen MR) is 43.5 cm³/mol. The summed E-state index contributed by atoms with van der Waals surface area (Å²) in [7, 11) is 0. The number of hydrogen-bond donors (Lipinski definition) is 0. The summed E-state index contributed by atoms with van der Waals surface area (Å²) in [5.41, 5.74) is 0. The van der Waals surface area contributed by atoms with Crippen LogP contribution in [0.4, 0.5) is 0 Å². The van der Waals surface area contributed by atoms with Crippen LogP contribution in [0.15, 0.2) is 24.3 Å². The van der Waals surface area contributed by atoms with Crippen LogP contribution >= 0.6 is 23.2 Å². The average Bonchev–Trinajstić information content (AvgIpc) is 1.95. The summed E-state index contributed by atoms with van der Waals surface area (Å²) < 4.78 is 0. The first-order valence-corrected chi connectivity index (χ1v) is 3.72. The van der Waals surface area contributed by atoms with E-state index in [2.05, 4.69) is 0 Å². The molecule has 0 amide bonds. The molecule has 0 saturated heterocycles. The molecular weight excluding hydrogens is 189 g/mol. The van der Waals surface area contributed by atoms with Gasteiger partial charge < -0.3 is 0 Å². The number of nitrogens with zero attached hydrogens (tertiary/aromatic N) is 1. The normalized spacial score (nSPS) is 35.6. The van der Waals surface area contributed by atoms with Crippen LogP contribution in [-0.4, -0.2) is 15.3 Å². The lowest BCUT2D eigenvalue weighted by Gasteiger charge is -2.18. The number of halogens is 2. The molecule has 5 heteroatoms. The summed E-state index contributed by atoms with van der Waals surface area (Å²) in [6.45, 7) is 0. The molecule has 1 rings (SSSR count). The summed E-state index contributed by atoms with van der Waals surface area (Å²) in [5, 5.41) is 9.60. The van der Waals surface area contributed by atoms with E-state index in [-0.39, 0.29) is 0 Å². The van der Waals surface area contributed by atoms with Gasteiger partial charge in [-0.2, -0.15) is 0 Å². The van der Waals surface area contributed by atoms with Crippen LogP contribution in [0, 0.1) is 10.1 Å². The lowest BCUT2D eigenvalue weighted by molar-refractivity contribution is -0.526. The molecule has 0 aromatic rings. The third kappa shape index (κ3) is 1.39. The maximum Gasteiger partial charge on any atom is 0.333 e. The van der Waals surface area contributed by atoms with Crippen LogP contribution in [0.3, 0.4) is 0 Å². The van der Waals surface area contributed by atoms with Gasteiger partial charge in [0.1, 0.15) is 5.38 Å². The van der Waals surface area contributed by atoms with Gasteiger partial charge in [-0.3, -0.25) is 10.1 Å². The fourth-order valence-electron chi connectivity index (χ4n) is 0.741. The highest BCUT2D eigenvalue weighted by atomic mass is 35.5. The first kappa shape index (κ1) is 8.56. The van der Waals surface area contributed by atoms with Crippen molar-refractivity contribution in [3.05, 3.63) is 34.4 Å². The van der Waals surface area contributed by atoms with Crippen molar-refractivity contribution in [3.63, 3.8) is 0 Å². The van der Waals surface area contributed by atoms with Crippen molar-refractivity contribution in [2.24, 2.45) is 0 Å². The van der Waals surface area contributed by atoms with Gasteiger partial charge in [-0.15, -0.1) is 11.6 Å². The highest BCUT2D eigenvalue weighted by molar-refractivity contribution is 6.33. The van der Waals surface area contributed by atoms with Crippen LogP contribution in [0.5, 0.6) is 0 Å². The Morgan fingerprint density at radius 1 is 1.55 bits per heavy atom. The molecule has 2 unspecified atom stereocenters. The molecule has 0 radical (unpaired) electrons. The Balaban J connectivity index is 2.94. The second kappa shape index (κ2) is 2.83. The van der Waals surface area contributed by atoms with E-state index in [9.17, 15) is 10.1 Å². The van der Waals surface area contributed by atoms with Gasteiger partial charge in [0.05, 0.1) is 0 Å². The van der Waals surface area contributed by atoms with Gasteiger partial charge in [0.25, 0.3) is 0 Å². The lowest BCUT2D eigenvalue weighted by atomic mass is 10.1. The maximum atomic E-state index is 10.4. The molecule has 3 nitrogen and oxygen atoms in total. The zero-order valence-corrected chi connectivity index (χ0v) is 6.92. The molecule has 11 heavy (non-hydrogen) atoms. The summed E-state index contributed by atoms with van der Waals surface area (Å²) in [4.78, 5) is 8.12. The summed E-state index contributed by atoms with van der Waals surface area (Å²) >= 11 is 11.2. The highest BCUT2D eigenvalue weighted by Gasteiger charge is 2.45. The molecule has 0 aromatic heterocycles. The van der Waals surface area contributed by atoms with Crippen molar-refractivity contribution in [2.75, 3.05) is 0 Å². The molecule has 60 valence electrons. The smallest absolute Gasteiger partial charge is 0.262 e. The molecule has 0 aromatic carbocycles. The topological polar surface area (TPSA) is 43.1 Å². The van der Waals surface area contributed by atoms with Crippen molar-refractivity contribution in [3.8, 4) is 0 Å². The second-order valence-corrected chi connectivity index (χ2v) is 3.21. The zero-order chi connectivity index (χ0) is 8.48. The Hall–Kier alpha value is -0.540. The van der Waals surface area contributed by atoms with Crippen molar-refractivity contribution < 1.29 is 4.92 Å². The molecular formula is C6H5Cl2NO2. The molecule has 0 spiro atoms. The first-order chi connectivity index (χ1) is 5.07. The third-order valence-corrected chi connectivity index (χ3v) is 2.48. The first-order valence-electron chi connectivity index (χ1n) is 2.91.